The van der Waals surface area contributed by atoms with Crippen LogP contribution in [0.1, 0.15) is 170 Å². The quantitative estimate of drug-likeness (QED) is 0.0520. The van der Waals surface area contributed by atoms with E-state index in [4.69, 9.17) is 9.47 Å². The molecule has 4 heteroatoms. The fourth-order valence-electron chi connectivity index (χ4n) is 4.35. The van der Waals surface area contributed by atoms with E-state index in [0.717, 1.165) is 37.4 Å². The summed E-state index contributed by atoms with van der Waals surface area (Å²) in [5, 5.41) is 0. The third kappa shape index (κ3) is 42.7. The molecule has 0 N–H and O–H groups in total. The Bertz CT molecular complexity index is 414. The molecule has 0 heterocycles. The van der Waals surface area contributed by atoms with Crippen molar-refractivity contribution in [3.63, 3.8) is 0 Å². The fraction of sp³-hybridized carbons (Fsp3) is 0.944. The predicted octanol–water partition coefficient (Wildman–Crippen LogP) is 13.0. The molecule has 0 bridgehead atoms. The van der Waals surface area contributed by atoms with Crippen LogP contribution < -0.4 is 0 Å². The molecule has 2 nitrogen and oxygen atoms in total. The van der Waals surface area contributed by atoms with Crippen LogP contribution in [0.5, 0.6) is 0 Å². The molecule has 0 spiro atoms. The number of unbranched alkanes of at least 4 members (excludes halogenated alkanes) is 12. The van der Waals surface area contributed by atoms with Crippen molar-refractivity contribution in [3.05, 3.63) is 12.8 Å². The normalized spacial score (nSPS) is 12.1. The van der Waals surface area contributed by atoms with Crippen molar-refractivity contribution in [2.45, 2.75) is 170 Å². The van der Waals surface area contributed by atoms with E-state index >= 15 is 0 Å². The van der Waals surface area contributed by atoms with Crippen molar-refractivity contribution >= 4 is 24.4 Å². The van der Waals surface area contributed by atoms with Gasteiger partial charge in [0.1, 0.15) is 0 Å². The lowest BCUT2D eigenvalue weighted by Gasteiger charge is -2.14. The Balaban J connectivity index is -0.000000575. The second-order valence-corrected chi connectivity index (χ2v) is 13.0. The molecule has 0 radical (unpaired) electrons. The second kappa shape index (κ2) is 43.7. The second-order valence-electron chi connectivity index (χ2n) is 11.3. The van der Waals surface area contributed by atoms with Gasteiger partial charge in [0.25, 0.3) is 0 Å². The third-order valence-electron chi connectivity index (χ3n) is 7.42. The summed E-state index contributed by atoms with van der Waals surface area (Å²) in [7, 11) is 0. The Morgan fingerprint density at radius 1 is 0.600 bits per heavy atom. The van der Waals surface area contributed by atoms with E-state index in [1.165, 1.54) is 146 Å². The highest BCUT2D eigenvalue weighted by Crippen LogP contribution is 2.14. The van der Waals surface area contributed by atoms with E-state index in [-0.39, 0.29) is 0 Å². The van der Waals surface area contributed by atoms with Crippen LogP contribution in [0.25, 0.3) is 0 Å². The summed E-state index contributed by atoms with van der Waals surface area (Å²) in [6.07, 6.45) is 28.6. The largest absolute Gasteiger partial charge is 0.502 e. The van der Waals surface area contributed by atoms with E-state index in [2.05, 4.69) is 72.5 Å². The number of thioether (sulfide) groups is 1. The van der Waals surface area contributed by atoms with Gasteiger partial charge >= 0.3 is 0 Å². The van der Waals surface area contributed by atoms with Crippen molar-refractivity contribution in [1.82, 2.24) is 0 Å². The van der Waals surface area contributed by atoms with Crippen LogP contribution >= 0.6 is 24.4 Å². The van der Waals surface area contributed by atoms with E-state index in [9.17, 15) is 0 Å². The van der Waals surface area contributed by atoms with Gasteiger partial charge in [-0.1, -0.05) is 151 Å². The van der Waals surface area contributed by atoms with Crippen molar-refractivity contribution in [1.29, 1.82) is 0 Å². The van der Waals surface area contributed by atoms with E-state index in [1.54, 1.807) is 0 Å². The van der Waals surface area contributed by atoms with Crippen LogP contribution in [0.15, 0.2) is 12.8 Å². The molecule has 0 aromatic heterocycles. The molecule has 2 unspecified atom stereocenters. The third-order valence-corrected chi connectivity index (χ3v) is 8.76. The summed E-state index contributed by atoms with van der Waals surface area (Å²) >= 11 is 6.21. The average Bonchev–Trinajstić information content (AvgIpc) is 2.98. The molecule has 0 amide bonds. The maximum Gasteiger partial charge on any atom is 0.0901 e. The summed E-state index contributed by atoms with van der Waals surface area (Å²) < 4.78 is 11.0. The van der Waals surface area contributed by atoms with Gasteiger partial charge in [0.05, 0.1) is 19.5 Å². The zero-order chi connectivity index (χ0) is 30.4. The highest BCUT2D eigenvalue weighted by molar-refractivity contribution is 7.99. The van der Waals surface area contributed by atoms with Gasteiger partial charge in [-0.2, -0.15) is 24.4 Å². The SMILES string of the molecule is C=COCC(CC)CCCC.CCCCCCCCS.CCCCCCCCSCCOCC(CC)CCCC. The molecule has 0 aliphatic heterocycles. The minimum Gasteiger partial charge on any atom is -0.502 e. The number of rotatable bonds is 29. The van der Waals surface area contributed by atoms with Gasteiger partial charge in [-0.05, 0) is 49.0 Å². The summed E-state index contributed by atoms with van der Waals surface area (Å²) in [5.74, 6) is 5.08. The Kier molecular flexibility index (Phi) is 48.7. The van der Waals surface area contributed by atoms with Crippen LogP contribution in [-0.4, -0.2) is 37.1 Å². The minimum atomic E-state index is 0.730. The topological polar surface area (TPSA) is 18.5 Å². The predicted molar refractivity (Wildman–Crippen MR) is 192 cm³/mol. The lowest BCUT2D eigenvalue weighted by molar-refractivity contribution is 0.106. The monoisotopic (exact) mass is 605 g/mol. The Morgan fingerprint density at radius 3 is 1.55 bits per heavy atom. The molecular weight excluding hydrogens is 529 g/mol. The van der Waals surface area contributed by atoms with Crippen molar-refractivity contribution in [2.24, 2.45) is 11.8 Å². The summed E-state index contributed by atoms with van der Waals surface area (Å²) in [6.45, 7) is 19.8. The molecule has 244 valence electrons. The standard InChI is InChI=1S/C18H38OS.C10H20O.C8H18S/c1-4-7-9-10-11-12-15-20-16-14-19-17-18(6-3)13-8-5-2;1-4-7-8-10(5-2)9-11-6-3;1-2-3-4-5-6-7-8-9/h18H,4-17H2,1-3H3;6,10H,3-5,7-9H2,1-2H3;9H,2-8H2,1H3. The van der Waals surface area contributed by atoms with Crippen LogP contribution in [0.4, 0.5) is 0 Å². The van der Waals surface area contributed by atoms with Crippen molar-refractivity contribution in [3.8, 4) is 0 Å². The maximum absolute atomic E-state index is 5.82. The van der Waals surface area contributed by atoms with E-state index in [0.29, 0.717) is 0 Å². The summed E-state index contributed by atoms with van der Waals surface area (Å²) in [4.78, 5) is 0. The molecule has 0 aliphatic rings. The van der Waals surface area contributed by atoms with Gasteiger partial charge in [0.15, 0.2) is 0 Å². The lowest BCUT2D eigenvalue weighted by Crippen LogP contribution is -2.10. The van der Waals surface area contributed by atoms with Crippen molar-refractivity contribution < 1.29 is 9.47 Å². The first-order chi connectivity index (χ1) is 19.6. The van der Waals surface area contributed by atoms with E-state index < -0.39 is 0 Å². The minimum absolute atomic E-state index is 0.730. The first-order valence-electron chi connectivity index (χ1n) is 17.6. The van der Waals surface area contributed by atoms with Crippen LogP contribution in [0.3, 0.4) is 0 Å². The van der Waals surface area contributed by atoms with Gasteiger partial charge in [-0.15, -0.1) is 0 Å². The Morgan fingerprint density at radius 2 is 1.07 bits per heavy atom. The maximum atomic E-state index is 5.82. The highest BCUT2D eigenvalue weighted by Gasteiger charge is 2.05. The Hall–Kier alpha value is 0.200. The first-order valence-corrected chi connectivity index (χ1v) is 19.4. The van der Waals surface area contributed by atoms with Crippen LogP contribution in [-0.2, 0) is 9.47 Å². The summed E-state index contributed by atoms with van der Waals surface area (Å²) in [5.41, 5.74) is 0. The van der Waals surface area contributed by atoms with Gasteiger partial charge in [-0.25, -0.2) is 0 Å². The molecule has 0 fully saturated rings. The van der Waals surface area contributed by atoms with Gasteiger partial charge in [0, 0.05) is 12.4 Å². The van der Waals surface area contributed by atoms with Gasteiger partial charge in [0.2, 0.25) is 0 Å². The molecule has 0 rings (SSSR count). The average molecular weight is 605 g/mol. The van der Waals surface area contributed by atoms with Gasteiger partial charge in [-0.3, -0.25) is 0 Å². The number of hydrogen-bond donors (Lipinski definition) is 1. The van der Waals surface area contributed by atoms with Crippen LogP contribution in [0.2, 0.25) is 0 Å². The smallest absolute Gasteiger partial charge is 0.0901 e. The Labute approximate surface area is 264 Å². The van der Waals surface area contributed by atoms with Gasteiger partial charge < -0.3 is 9.47 Å². The zero-order valence-electron chi connectivity index (χ0n) is 28.5. The zero-order valence-corrected chi connectivity index (χ0v) is 30.2. The molecular formula is C36H76O2S2. The van der Waals surface area contributed by atoms with Crippen molar-refractivity contribution in [2.75, 3.05) is 37.1 Å². The summed E-state index contributed by atoms with van der Waals surface area (Å²) in [6, 6.07) is 0. The number of thiol groups is 1. The highest BCUT2D eigenvalue weighted by atomic mass is 32.2. The molecule has 0 saturated heterocycles. The molecule has 40 heavy (non-hydrogen) atoms. The molecule has 2 atom stereocenters. The molecule has 0 aromatic rings. The fourth-order valence-corrected chi connectivity index (χ4v) is 5.42. The van der Waals surface area contributed by atoms with Crippen LogP contribution in [0, 0.1) is 11.8 Å². The molecule has 0 aromatic carbocycles. The molecule has 0 aliphatic carbocycles. The van der Waals surface area contributed by atoms with E-state index in [1.807, 2.05) is 0 Å². The number of ether oxygens (including phenoxy) is 2. The molecule has 0 saturated carbocycles. The number of hydrogen-bond acceptors (Lipinski definition) is 4. The first kappa shape index (κ1) is 44.6. The lowest BCUT2D eigenvalue weighted by atomic mass is 10.0.